The van der Waals surface area contributed by atoms with Gasteiger partial charge >= 0.3 is 5.97 Å². The molecule has 0 aromatic carbocycles. The lowest BCUT2D eigenvalue weighted by Gasteiger charge is -2.44. The fraction of sp³-hybridized carbons (Fsp3) is 0.800. The third-order valence-electron chi connectivity index (χ3n) is 7.14. The van der Waals surface area contributed by atoms with E-state index in [-0.39, 0.29) is 18.0 Å². The highest BCUT2D eigenvalue weighted by molar-refractivity contribution is 5.76. The van der Waals surface area contributed by atoms with Gasteiger partial charge in [0.15, 0.2) is 0 Å². The average Bonchev–Trinajstić information content (AvgIpc) is 2.67. The second kappa shape index (κ2) is 10.3. The van der Waals surface area contributed by atoms with Crippen LogP contribution in [0.4, 0.5) is 0 Å². The van der Waals surface area contributed by atoms with Gasteiger partial charge in [0.05, 0.1) is 17.6 Å². The minimum absolute atomic E-state index is 0.106. The summed E-state index contributed by atoms with van der Waals surface area (Å²) in [6.07, 6.45) is 10.00. The van der Waals surface area contributed by atoms with Crippen LogP contribution in [0, 0.1) is 29.1 Å². The van der Waals surface area contributed by atoms with Crippen molar-refractivity contribution in [3.63, 3.8) is 0 Å². The van der Waals surface area contributed by atoms with Crippen LogP contribution < -0.4 is 0 Å². The summed E-state index contributed by atoms with van der Waals surface area (Å²) < 4.78 is 6.14. The van der Waals surface area contributed by atoms with Crippen LogP contribution in [0.3, 0.4) is 0 Å². The number of hydrogen-bond donors (Lipinski definition) is 2. The third-order valence-corrected chi connectivity index (χ3v) is 7.14. The van der Waals surface area contributed by atoms with Gasteiger partial charge in [0.25, 0.3) is 0 Å². The average molecular weight is 407 g/mol. The molecule has 0 bridgehead atoms. The summed E-state index contributed by atoms with van der Waals surface area (Å²) in [5, 5.41) is 20.2. The number of esters is 1. The number of carbonyl (C=O) groups is 1. The number of carbonyl (C=O) groups excluding carboxylic acids is 1. The first-order valence-electron chi connectivity index (χ1n) is 11.6. The number of aliphatic hydroxyl groups excluding tert-OH is 2. The van der Waals surface area contributed by atoms with Crippen LogP contribution in [0.15, 0.2) is 23.8 Å². The molecule has 0 spiro atoms. The SMILES string of the molecule is CC[C@H](O)C[C@@H](O)CC[C@@H]1[C@@H]2C(=C[C@H](C)C[C@@H]2OC(=O)C(C)(C)CC)C=C[C@@H]1C. The molecule has 0 heterocycles. The highest BCUT2D eigenvalue weighted by Crippen LogP contribution is 2.45. The summed E-state index contributed by atoms with van der Waals surface area (Å²) in [7, 11) is 0. The zero-order chi connectivity index (χ0) is 21.8. The minimum atomic E-state index is -0.488. The molecule has 2 N–H and O–H groups in total. The van der Waals surface area contributed by atoms with Crippen molar-refractivity contribution in [2.45, 2.75) is 98.4 Å². The van der Waals surface area contributed by atoms with Crippen molar-refractivity contribution in [1.82, 2.24) is 0 Å². The molecule has 0 saturated heterocycles. The molecule has 0 unspecified atom stereocenters. The van der Waals surface area contributed by atoms with Crippen molar-refractivity contribution < 1.29 is 19.7 Å². The minimum Gasteiger partial charge on any atom is -0.461 e. The van der Waals surface area contributed by atoms with E-state index in [0.717, 1.165) is 19.3 Å². The normalized spacial score (nSPS) is 31.6. The van der Waals surface area contributed by atoms with Gasteiger partial charge in [-0.25, -0.2) is 0 Å². The lowest BCUT2D eigenvalue weighted by Crippen LogP contribution is -2.43. The Hall–Kier alpha value is -1.13. The van der Waals surface area contributed by atoms with Crippen molar-refractivity contribution in [3.05, 3.63) is 23.8 Å². The Morgan fingerprint density at radius 2 is 1.93 bits per heavy atom. The molecule has 7 atom stereocenters. The zero-order valence-electron chi connectivity index (χ0n) is 19.2. The third kappa shape index (κ3) is 6.18. The van der Waals surface area contributed by atoms with Crippen LogP contribution in [0.1, 0.15) is 80.1 Å². The van der Waals surface area contributed by atoms with Gasteiger partial charge in [-0.1, -0.05) is 45.9 Å². The van der Waals surface area contributed by atoms with Crippen molar-refractivity contribution >= 4 is 5.97 Å². The van der Waals surface area contributed by atoms with Gasteiger partial charge in [0.1, 0.15) is 6.10 Å². The lowest BCUT2D eigenvalue weighted by molar-refractivity contribution is -0.164. The summed E-state index contributed by atoms with van der Waals surface area (Å²) in [6.45, 7) is 12.3. The van der Waals surface area contributed by atoms with Gasteiger partial charge in [-0.3, -0.25) is 4.79 Å². The van der Waals surface area contributed by atoms with E-state index in [1.807, 2.05) is 27.7 Å². The second-order valence-corrected chi connectivity index (χ2v) is 10.00. The number of fused-ring (bicyclic) bond motifs is 1. The quantitative estimate of drug-likeness (QED) is 0.526. The molecular formula is C25H42O4. The highest BCUT2D eigenvalue weighted by Gasteiger charge is 2.42. The predicted octanol–water partition coefficient (Wildman–Crippen LogP) is 5.04. The Labute approximate surface area is 177 Å². The van der Waals surface area contributed by atoms with E-state index in [1.165, 1.54) is 5.57 Å². The number of allylic oxidation sites excluding steroid dienone is 3. The molecule has 0 aromatic rings. The number of rotatable bonds is 9. The van der Waals surface area contributed by atoms with Crippen molar-refractivity contribution in [2.75, 3.05) is 0 Å². The highest BCUT2D eigenvalue weighted by atomic mass is 16.5. The van der Waals surface area contributed by atoms with Gasteiger partial charge in [-0.15, -0.1) is 0 Å². The predicted molar refractivity (Wildman–Crippen MR) is 117 cm³/mol. The van der Waals surface area contributed by atoms with E-state index in [2.05, 4.69) is 32.1 Å². The van der Waals surface area contributed by atoms with Crippen LogP contribution in [0.25, 0.3) is 0 Å². The van der Waals surface area contributed by atoms with Gasteiger partial charge < -0.3 is 14.9 Å². The van der Waals surface area contributed by atoms with E-state index in [1.54, 1.807) is 0 Å². The maximum Gasteiger partial charge on any atom is 0.311 e. The molecule has 0 radical (unpaired) electrons. The monoisotopic (exact) mass is 406 g/mol. The van der Waals surface area contributed by atoms with Gasteiger partial charge in [0.2, 0.25) is 0 Å². The topological polar surface area (TPSA) is 66.8 Å². The molecule has 0 aromatic heterocycles. The number of ether oxygens (including phenoxy) is 1. The van der Waals surface area contributed by atoms with Crippen LogP contribution >= 0.6 is 0 Å². The Morgan fingerprint density at radius 1 is 1.24 bits per heavy atom. The van der Waals surface area contributed by atoms with Gasteiger partial charge in [-0.05, 0) is 75.7 Å². The lowest BCUT2D eigenvalue weighted by atomic mass is 9.65. The van der Waals surface area contributed by atoms with Crippen molar-refractivity contribution in [2.24, 2.45) is 29.1 Å². The standard InChI is InChI=1S/C25H42O4/c1-7-19(26)15-20(27)11-12-21-17(4)9-10-18-13-16(3)14-22(23(18)21)29-24(28)25(5,6)8-2/h9-10,13,16-17,19-23,26-27H,7-8,11-12,14-15H2,1-6H3/t16-,17-,19-,20-,21-,22-,23-/m0/s1. The maximum absolute atomic E-state index is 12.8. The summed E-state index contributed by atoms with van der Waals surface area (Å²) in [4.78, 5) is 12.8. The smallest absolute Gasteiger partial charge is 0.311 e. The maximum atomic E-state index is 12.8. The molecule has 2 aliphatic rings. The fourth-order valence-electron chi connectivity index (χ4n) is 4.65. The number of hydrogen-bond acceptors (Lipinski definition) is 4. The second-order valence-electron chi connectivity index (χ2n) is 10.00. The molecule has 29 heavy (non-hydrogen) atoms. The first-order chi connectivity index (χ1) is 13.6. The van der Waals surface area contributed by atoms with Crippen LogP contribution in [0.2, 0.25) is 0 Å². The zero-order valence-corrected chi connectivity index (χ0v) is 19.2. The molecule has 2 aliphatic carbocycles. The van der Waals surface area contributed by atoms with Crippen molar-refractivity contribution in [3.8, 4) is 0 Å². The Morgan fingerprint density at radius 3 is 2.55 bits per heavy atom. The first-order valence-corrected chi connectivity index (χ1v) is 11.6. The molecule has 4 nitrogen and oxygen atoms in total. The van der Waals surface area contributed by atoms with E-state index in [4.69, 9.17) is 4.74 Å². The molecule has 166 valence electrons. The molecule has 4 heteroatoms. The first kappa shape index (κ1) is 24.1. The van der Waals surface area contributed by atoms with Crippen molar-refractivity contribution in [1.29, 1.82) is 0 Å². The van der Waals surface area contributed by atoms with E-state index < -0.39 is 17.6 Å². The molecule has 0 fully saturated rings. The van der Waals surface area contributed by atoms with E-state index in [0.29, 0.717) is 37.0 Å². The Bertz CT molecular complexity index is 606. The molecule has 0 aliphatic heterocycles. The molecule has 0 amide bonds. The summed E-state index contributed by atoms with van der Waals surface area (Å²) >= 11 is 0. The summed E-state index contributed by atoms with van der Waals surface area (Å²) in [5.41, 5.74) is 0.810. The molecule has 0 saturated carbocycles. The largest absolute Gasteiger partial charge is 0.461 e. The number of aliphatic hydroxyl groups is 2. The summed E-state index contributed by atoms with van der Waals surface area (Å²) in [6, 6.07) is 0. The summed E-state index contributed by atoms with van der Waals surface area (Å²) in [5.74, 6) is 1.16. The Balaban J connectivity index is 2.17. The fourth-order valence-corrected chi connectivity index (χ4v) is 4.65. The molecule has 2 rings (SSSR count). The van der Waals surface area contributed by atoms with Crippen LogP contribution in [-0.2, 0) is 9.53 Å². The van der Waals surface area contributed by atoms with Gasteiger partial charge in [-0.2, -0.15) is 0 Å². The van der Waals surface area contributed by atoms with Gasteiger partial charge in [0, 0.05) is 5.92 Å². The van der Waals surface area contributed by atoms with Crippen LogP contribution in [0.5, 0.6) is 0 Å². The Kier molecular flexibility index (Phi) is 8.54. The molecular weight excluding hydrogens is 364 g/mol. The van der Waals surface area contributed by atoms with Crippen LogP contribution in [-0.4, -0.2) is 34.5 Å². The van der Waals surface area contributed by atoms with E-state index >= 15 is 0 Å². The van der Waals surface area contributed by atoms with E-state index in [9.17, 15) is 15.0 Å².